The Morgan fingerprint density at radius 3 is 2.44 bits per heavy atom. The SMILES string of the molecule is O=C(CC(=O)c1ncccn1)c1cccc(Br)c1. The second-order valence-corrected chi connectivity index (χ2v) is 4.52. The average molecular weight is 305 g/mol. The molecule has 1 heterocycles. The number of aromatic nitrogens is 2. The number of hydrogen-bond donors (Lipinski definition) is 0. The third kappa shape index (κ3) is 3.07. The van der Waals surface area contributed by atoms with Crippen molar-refractivity contribution in [2.24, 2.45) is 0 Å². The highest BCUT2D eigenvalue weighted by atomic mass is 79.9. The number of halogens is 1. The van der Waals surface area contributed by atoms with Gasteiger partial charge in [0.15, 0.2) is 11.6 Å². The second kappa shape index (κ2) is 5.64. The first kappa shape index (κ1) is 12.6. The number of carbonyl (C=O) groups excluding carboxylic acids is 2. The van der Waals surface area contributed by atoms with Crippen molar-refractivity contribution >= 4 is 27.5 Å². The monoisotopic (exact) mass is 304 g/mol. The van der Waals surface area contributed by atoms with Gasteiger partial charge in [-0.15, -0.1) is 0 Å². The highest BCUT2D eigenvalue weighted by Crippen LogP contribution is 2.13. The van der Waals surface area contributed by atoms with Crippen LogP contribution in [0.2, 0.25) is 0 Å². The van der Waals surface area contributed by atoms with E-state index in [0.29, 0.717) is 5.56 Å². The second-order valence-electron chi connectivity index (χ2n) is 3.61. The van der Waals surface area contributed by atoms with E-state index in [1.807, 2.05) is 6.07 Å². The maximum atomic E-state index is 11.9. The van der Waals surface area contributed by atoms with Crippen LogP contribution in [0, 0.1) is 0 Å². The van der Waals surface area contributed by atoms with Crippen LogP contribution in [0.5, 0.6) is 0 Å². The molecule has 0 saturated carbocycles. The Morgan fingerprint density at radius 2 is 1.78 bits per heavy atom. The van der Waals surface area contributed by atoms with E-state index in [4.69, 9.17) is 0 Å². The van der Waals surface area contributed by atoms with Crippen molar-refractivity contribution in [2.45, 2.75) is 6.42 Å². The molecular weight excluding hydrogens is 296 g/mol. The van der Waals surface area contributed by atoms with E-state index in [9.17, 15) is 9.59 Å². The van der Waals surface area contributed by atoms with Crippen molar-refractivity contribution < 1.29 is 9.59 Å². The lowest BCUT2D eigenvalue weighted by Gasteiger charge is -2.00. The molecule has 0 unspecified atom stereocenters. The molecule has 0 N–H and O–H groups in total. The Balaban J connectivity index is 2.11. The summed E-state index contributed by atoms with van der Waals surface area (Å²) < 4.78 is 0.803. The molecule has 1 aromatic heterocycles. The lowest BCUT2D eigenvalue weighted by molar-refractivity contribution is 0.0888. The summed E-state index contributed by atoms with van der Waals surface area (Å²) in [5, 5.41) is 0. The highest BCUT2D eigenvalue weighted by Gasteiger charge is 2.15. The van der Waals surface area contributed by atoms with Crippen molar-refractivity contribution in [1.82, 2.24) is 9.97 Å². The van der Waals surface area contributed by atoms with Crippen LogP contribution < -0.4 is 0 Å². The molecule has 0 atom stereocenters. The summed E-state index contributed by atoms with van der Waals surface area (Å²) in [5.74, 6) is -0.546. The van der Waals surface area contributed by atoms with Gasteiger partial charge in [-0.1, -0.05) is 28.1 Å². The van der Waals surface area contributed by atoms with E-state index in [-0.39, 0.29) is 23.8 Å². The van der Waals surface area contributed by atoms with E-state index in [0.717, 1.165) is 4.47 Å². The van der Waals surface area contributed by atoms with Gasteiger partial charge in [0.1, 0.15) is 0 Å². The van der Waals surface area contributed by atoms with Crippen LogP contribution in [0.15, 0.2) is 47.2 Å². The molecule has 0 spiro atoms. The van der Waals surface area contributed by atoms with E-state index in [1.165, 1.54) is 12.4 Å². The van der Waals surface area contributed by atoms with Gasteiger partial charge < -0.3 is 0 Å². The molecule has 0 aliphatic heterocycles. The minimum Gasteiger partial charge on any atom is -0.294 e. The molecule has 2 aromatic rings. The Bertz CT molecular complexity index is 585. The van der Waals surface area contributed by atoms with Gasteiger partial charge in [0.25, 0.3) is 0 Å². The first-order valence-electron chi connectivity index (χ1n) is 5.26. The fraction of sp³-hybridized carbons (Fsp3) is 0.0769. The molecule has 1 aromatic carbocycles. The first-order chi connectivity index (χ1) is 8.66. The number of ketones is 2. The summed E-state index contributed by atoms with van der Waals surface area (Å²) in [5.41, 5.74) is 0.494. The van der Waals surface area contributed by atoms with Crippen LogP contribution in [0.3, 0.4) is 0 Å². The van der Waals surface area contributed by atoms with Gasteiger partial charge >= 0.3 is 0 Å². The van der Waals surface area contributed by atoms with E-state index in [2.05, 4.69) is 25.9 Å². The quantitative estimate of drug-likeness (QED) is 0.643. The van der Waals surface area contributed by atoms with Gasteiger partial charge in [-0.05, 0) is 18.2 Å². The van der Waals surface area contributed by atoms with Crippen LogP contribution in [-0.4, -0.2) is 21.5 Å². The van der Waals surface area contributed by atoms with E-state index < -0.39 is 0 Å². The summed E-state index contributed by atoms with van der Waals surface area (Å²) in [4.78, 5) is 31.3. The normalized spacial score (nSPS) is 10.1. The Morgan fingerprint density at radius 1 is 1.06 bits per heavy atom. The number of hydrogen-bond acceptors (Lipinski definition) is 4. The molecule has 0 amide bonds. The van der Waals surface area contributed by atoms with E-state index in [1.54, 1.807) is 24.3 Å². The Hall–Kier alpha value is -1.88. The summed E-state index contributed by atoms with van der Waals surface area (Å²) >= 11 is 3.28. The molecule has 0 radical (unpaired) electrons. The van der Waals surface area contributed by atoms with Crippen molar-refractivity contribution in [1.29, 1.82) is 0 Å². The van der Waals surface area contributed by atoms with Crippen LogP contribution in [0.1, 0.15) is 27.4 Å². The minimum atomic E-state index is -0.374. The standard InChI is InChI=1S/C13H9BrN2O2/c14-10-4-1-3-9(7-10)11(17)8-12(18)13-15-5-2-6-16-13/h1-7H,8H2. The van der Waals surface area contributed by atoms with E-state index >= 15 is 0 Å². The zero-order valence-electron chi connectivity index (χ0n) is 9.34. The summed E-state index contributed by atoms with van der Waals surface area (Å²) in [6.45, 7) is 0. The van der Waals surface area contributed by atoms with Crippen molar-refractivity contribution in [3.05, 3.63) is 58.6 Å². The molecule has 0 aliphatic rings. The highest BCUT2D eigenvalue weighted by molar-refractivity contribution is 9.10. The maximum Gasteiger partial charge on any atom is 0.207 e. The maximum absolute atomic E-state index is 11.9. The smallest absolute Gasteiger partial charge is 0.207 e. The van der Waals surface area contributed by atoms with Gasteiger partial charge in [0.2, 0.25) is 5.78 Å². The van der Waals surface area contributed by atoms with Gasteiger partial charge in [0, 0.05) is 22.4 Å². The van der Waals surface area contributed by atoms with Crippen LogP contribution in [0.25, 0.3) is 0 Å². The number of Topliss-reactive ketones (excluding diaryl/α,β-unsaturated/α-hetero) is 2. The average Bonchev–Trinajstić information content (AvgIpc) is 2.39. The van der Waals surface area contributed by atoms with Crippen LogP contribution in [-0.2, 0) is 0 Å². The summed E-state index contributed by atoms with van der Waals surface area (Å²) in [7, 11) is 0. The number of carbonyl (C=O) groups is 2. The Labute approximate surface area is 112 Å². The molecule has 0 aliphatic carbocycles. The molecule has 0 bridgehead atoms. The third-order valence-corrected chi connectivity index (χ3v) is 2.78. The van der Waals surface area contributed by atoms with Gasteiger partial charge in [-0.2, -0.15) is 0 Å². The van der Waals surface area contributed by atoms with Crippen LogP contribution in [0.4, 0.5) is 0 Å². The fourth-order valence-electron chi connectivity index (χ4n) is 1.43. The topological polar surface area (TPSA) is 59.9 Å². The lowest BCUT2D eigenvalue weighted by atomic mass is 10.1. The van der Waals surface area contributed by atoms with Gasteiger partial charge in [-0.25, -0.2) is 9.97 Å². The van der Waals surface area contributed by atoms with Crippen molar-refractivity contribution in [3.63, 3.8) is 0 Å². The van der Waals surface area contributed by atoms with Crippen molar-refractivity contribution in [3.8, 4) is 0 Å². The largest absolute Gasteiger partial charge is 0.294 e. The molecule has 0 saturated heterocycles. The van der Waals surface area contributed by atoms with Gasteiger partial charge in [-0.3, -0.25) is 9.59 Å². The fourth-order valence-corrected chi connectivity index (χ4v) is 1.83. The first-order valence-corrected chi connectivity index (χ1v) is 6.05. The number of rotatable bonds is 4. The van der Waals surface area contributed by atoms with Crippen molar-refractivity contribution in [2.75, 3.05) is 0 Å². The lowest BCUT2D eigenvalue weighted by Crippen LogP contribution is -2.11. The number of nitrogens with zero attached hydrogens (tertiary/aromatic N) is 2. The summed E-state index contributed by atoms with van der Waals surface area (Å²) in [6.07, 6.45) is 2.73. The molecule has 4 nitrogen and oxygen atoms in total. The zero-order valence-corrected chi connectivity index (χ0v) is 10.9. The third-order valence-electron chi connectivity index (χ3n) is 2.28. The zero-order chi connectivity index (χ0) is 13.0. The molecule has 5 heteroatoms. The van der Waals surface area contributed by atoms with Crippen LogP contribution >= 0.6 is 15.9 Å². The molecule has 2 rings (SSSR count). The molecule has 90 valence electrons. The summed E-state index contributed by atoms with van der Waals surface area (Å²) in [6, 6.07) is 8.54. The van der Waals surface area contributed by atoms with Gasteiger partial charge in [0.05, 0.1) is 6.42 Å². The molecule has 18 heavy (non-hydrogen) atoms. The number of benzene rings is 1. The minimum absolute atomic E-state index is 0.0702. The molecule has 0 fully saturated rings. The predicted octanol–water partition coefficient (Wildman–Crippen LogP) is 2.69. The Kier molecular flexibility index (Phi) is 3.94. The predicted molar refractivity (Wildman–Crippen MR) is 69.5 cm³/mol. The molecular formula is C13H9BrN2O2.